The number of alkyl halides is 3. The van der Waals surface area contributed by atoms with Crippen molar-refractivity contribution in [2.45, 2.75) is 19.0 Å². The summed E-state index contributed by atoms with van der Waals surface area (Å²) in [6.07, 6.45) is -4.49. The van der Waals surface area contributed by atoms with Gasteiger partial charge < -0.3 is 14.3 Å². The fourth-order valence-corrected chi connectivity index (χ4v) is 2.21. The molecule has 0 amide bonds. The summed E-state index contributed by atoms with van der Waals surface area (Å²) >= 11 is 0. The van der Waals surface area contributed by atoms with Crippen LogP contribution in [0.25, 0.3) is 0 Å². The number of nitrogens with zero attached hydrogens (tertiary/aromatic N) is 6. The Labute approximate surface area is 130 Å². The molecule has 0 aromatic carbocycles. The zero-order valence-corrected chi connectivity index (χ0v) is 12.8. The predicted molar refractivity (Wildman–Crippen MR) is 75.4 cm³/mol. The Bertz CT molecular complexity index is 708. The average Bonchev–Trinajstić information content (AvgIpc) is 2.85. The van der Waals surface area contributed by atoms with E-state index in [1.165, 1.54) is 6.92 Å². The third kappa shape index (κ3) is 3.06. The summed E-state index contributed by atoms with van der Waals surface area (Å²) in [6, 6.07) is 0.933. The highest BCUT2D eigenvalue weighted by atomic mass is 19.4. The van der Waals surface area contributed by atoms with Crippen LogP contribution in [-0.4, -0.2) is 47.3 Å². The van der Waals surface area contributed by atoms with Gasteiger partial charge in [-0.05, 0) is 18.1 Å². The first-order chi connectivity index (χ1) is 10.7. The second-order valence-corrected chi connectivity index (χ2v) is 5.62. The van der Waals surface area contributed by atoms with Gasteiger partial charge in [0.15, 0.2) is 0 Å². The minimum atomic E-state index is -4.49. The van der Waals surface area contributed by atoms with Crippen molar-refractivity contribution in [3.05, 3.63) is 23.3 Å². The molecule has 0 spiro atoms. The van der Waals surface area contributed by atoms with Crippen molar-refractivity contribution < 1.29 is 17.7 Å². The third-order valence-corrected chi connectivity index (χ3v) is 3.48. The van der Waals surface area contributed by atoms with Crippen molar-refractivity contribution in [1.29, 1.82) is 0 Å². The van der Waals surface area contributed by atoms with E-state index in [-0.39, 0.29) is 17.6 Å². The molecule has 0 aliphatic carbocycles. The smallest absolute Gasteiger partial charge is 0.344 e. The van der Waals surface area contributed by atoms with E-state index in [0.717, 1.165) is 6.07 Å². The quantitative estimate of drug-likeness (QED) is 0.851. The van der Waals surface area contributed by atoms with E-state index in [0.29, 0.717) is 24.9 Å². The average molecular weight is 328 g/mol. The van der Waals surface area contributed by atoms with Crippen molar-refractivity contribution in [2.24, 2.45) is 0 Å². The molecule has 2 aromatic rings. The van der Waals surface area contributed by atoms with Gasteiger partial charge in [-0.15, -0.1) is 0 Å². The lowest BCUT2D eigenvalue weighted by Gasteiger charge is -2.37. The molecule has 1 saturated heterocycles. The summed E-state index contributed by atoms with van der Waals surface area (Å²) in [4.78, 5) is 15.3. The SMILES string of the molecule is Cc1cc(C(F)(F)F)nc(N2CC(c3nc(N(C)C)no3)C2)n1. The Kier molecular flexibility index (Phi) is 3.61. The Morgan fingerprint density at radius 2 is 1.91 bits per heavy atom. The first-order valence-corrected chi connectivity index (χ1v) is 6.93. The second-order valence-electron chi connectivity index (χ2n) is 5.62. The minimum absolute atomic E-state index is 0.0327. The molecule has 2 aromatic heterocycles. The summed E-state index contributed by atoms with van der Waals surface area (Å²) in [5.41, 5.74) is -0.658. The van der Waals surface area contributed by atoms with Crippen molar-refractivity contribution in [2.75, 3.05) is 37.0 Å². The fraction of sp³-hybridized carbons (Fsp3) is 0.538. The number of hydrogen-bond acceptors (Lipinski definition) is 7. The van der Waals surface area contributed by atoms with Crippen LogP contribution in [0.3, 0.4) is 0 Å². The molecule has 0 N–H and O–H groups in total. The van der Waals surface area contributed by atoms with Gasteiger partial charge in [0.25, 0.3) is 5.95 Å². The molecular formula is C13H15F3N6O. The highest BCUT2D eigenvalue weighted by Gasteiger charge is 2.37. The number of aromatic nitrogens is 4. The first kappa shape index (κ1) is 15.5. The second kappa shape index (κ2) is 5.36. The highest BCUT2D eigenvalue weighted by molar-refractivity contribution is 5.39. The Morgan fingerprint density at radius 1 is 1.22 bits per heavy atom. The van der Waals surface area contributed by atoms with Gasteiger partial charge in [0.1, 0.15) is 5.69 Å². The molecule has 0 radical (unpaired) electrons. The van der Waals surface area contributed by atoms with Gasteiger partial charge in [-0.3, -0.25) is 0 Å². The highest BCUT2D eigenvalue weighted by Crippen LogP contribution is 2.33. The van der Waals surface area contributed by atoms with Crippen molar-refractivity contribution in [3.63, 3.8) is 0 Å². The summed E-state index contributed by atoms with van der Waals surface area (Å²) in [6.45, 7) is 2.39. The van der Waals surface area contributed by atoms with Gasteiger partial charge in [-0.2, -0.15) is 18.2 Å². The van der Waals surface area contributed by atoms with E-state index in [9.17, 15) is 13.2 Å². The molecule has 0 unspecified atom stereocenters. The minimum Gasteiger partial charge on any atom is -0.344 e. The van der Waals surface area contributed by atoms with Gasteiger partial charge in [0.05, 0.1) is 5.92 Å². The van der Waals surface area contributed by atoms with Crippen LogP contribution in [0.5, 0.6) is 0 Å². The third-order valence-electron chi connectivity index (χ3n) is 3.48. The van der Waals surface area contributed by atoms with Crippen LogP contribution in [0.2, 0.25) is 0 Å². The molecule has 0 atom stereocenters. The van der Waals surface area contributed by atoms with Crippen LogP contribution in [0, 0.1) is 6.92 Å². The maximum atomic E-state index is 12.8. The van der Waals surface area contributed by atoms with Crippen molar-refractivity contribution >= 4 is 11.9 Å². The van der Waals surface area contributed by atoms with Crippen molar-refractivity contribution in [3.8, 4) is 0 Å². The molecule has 3 rings (SSSR count). The van der Waals surface area contributed by atoms with Gasteiger partial charge in [0, 0.05) is 32.9 Å². The molecular weight excluding hydrogens is 313 g/mol. The summed E-state index contributed by atoms with van der Waals surface area (Å²) in [5.74, 6) is 0.967. The molecule has 0 saturated carbocycles. The number of rotatable bonds is 3. The molecule has 1 aliphatic rings. The fourth-order valence-electron chi connectivity index (χ4n) is 2.21. The Hall–Kier alpha value is -2.39. The van der Waals surface area contributed by atoms with Crippen molar-refractivity contribution in [1.82, 2.24) is 20.1 Å². The van der Waals surface area contributed by atoms with Crippen LogP contribution in [0.1, 0.15) is 23.2 Å². The summed E-state index contributed by atoms with van der Waals surface area (Å²) in [5, 5.41) is 3.82. The van der Waals surface area contributed by atoms with Gasteiger partial charge in [-0.1, -0.05) is 0 Å². The lowest BCUT2D eigenvalue weighted by Crippen LogP contribution is -2.46. The van der Waals surface area contributed by atoms with E-state index in [1.807, 2.05) is 0 Å². The summed E-state index contributed by atoms with van der Waals surface area (Å²) < 4.78 is 43.6. The molecule has 23 heavy (non-hydrogen) atoms. The zero-order valence-electron chi connectivity index (χ0n) is 12.8. The normalized spacial score (nSPS) is 15.7. The largest absolute Gasteiger partial charge is 0.433 e. The van der Waals surface area contributed by atoms with Gasteiger partial charge in [0.2, 0.25) is 11.8 Å². The molecule has 1 aliphatic heterocycles. The van der Waals surface area contributed by atoms with E-state index in [1.54, 1.807) is 23.9 Å². The summed E-state index contributed by atoms with van der Waals surface area (Å²) in [7, 11) is 3.59. The monoisotopic (exact) mass is 328 g/mol. The van der Waals surface area contributed by atoms with E-state index in [2.05, 4.69) is 20.1 Å². The molecule has 0 bridgehead atoms. The molecule has 10 heteroatoms. The maximum absolute atomic E-state index is 12.8. The Morgan fingerprint density at radius 3 is 2.48 bits per heavy atom. The molecule has 1 fully saturated rings. The first-order valence-electron chi connectivity index (χ1n) is 6.93. The molecule has 7 nitrogen and oxygen atoms in total. The standard InChI is InChI=1S/C13H15F3N6O/c1-7-4-9(13(14,15)16)18-11(17-7)22-5-8(6-22)10-19-12(20-23-10)21(2)3/h4,8H,5-6H2,1-3H3. The molecule has 124 valence electrons. The van der Waals surface area contributed by atoms with Crippen LogP contribution in [0.15, 0.2) is 10.6 Å². The number of anilines is 2. The van der Waals surface area contributed by atoms with Crippen LogP contribution in [0.4, 0.5) is 25.1 Å². The van der Waals surface area contributed by atoms with E-state index < -0.39 is 11.9 Å². The van der Waals surface area contributed by atoms with Crippen LogP contribution < -0.4 is 9.80 Å². The van der Waals surface area contributed by atoms with E-state index >= 15 is 0 Å². The van der Waals surface area contributed by atoms with Crippen LogP contribution in [-0.2, 0) is 6.18 Å². The van der Waals surface area contributed by atoms with Crippen LogP contribution >= 0.6 is 0 Å². The predicted octanol–water partition coefficient (Wildman–Crippen LogP) is 1.86. The molecule has 3 heterocycles. The maximum Gasteiger partial charge on any atom is 0.433 e. The number of hydrogen-bond donors (Lipinski definition) is 0. The Balaban J connectivity index is 1.72. The van der Waals surface area contributed by atoms with Gasteiger partial charge in [-0.25, -0.2) is 9.97 Å². The number of halogens is 3. The topological polar surface area (TPSA) is 71.2 Å². The lowest BCUT2D eigenvalue weighted by molar-refractivity contribution is -0.141. The zero-order chi connectivity index (χ0) is 16.8. The lowest BCUT2D eigenvalue weighted by atomic mass is 10.0. The van der Waals surface area contributed by atoms with E-state index in [4.69, 9.17) is 4.52 Å². The van der Waals surface area contributed by atoms with Gasteiger partial charge >= 0.3 is 6.18 Å². The number of aryl methyl sites for hydroxylation is 1.